The highest BCUT2D eigenvalue weighted by atomic mass is 32.2. The molecule has 0 saturated carbocycles. The number of nitrogens with one attached hydrogen (secondary N) is 1. The SMILES string of the molecule is Cc1cc(C(=O)Nc2ccccc2Oc2ccccc2)ccc1N(C)S(C)(=O)=O. The van der Waals surface area contributed by atoms with Crippen molar-refractivity contribution < 1.29 is 17.9 Å². The molecule has 0 radical (unpaired) electrons. The molecule has 1 amide bonds. The van der Waals surface area contributed by atoms with Gasteiger partial charge in [-0.05, 0) is 55.0 Å². The predicted octanol–water partition coefficient (Wildman–Crippen LogP) is 4.44. The molecule has 0 bridgehead atoms. The second-order valence-electron chi connectivity index (χ2n) is 6.60. The number of ether oxygens (including phenoxy) is 1. The summed E-state index contributed by atoms with van der Waals surface area (Å²) < 4.78 is 30.6. The minimum atomic E-state index is -3.38. The Bertz CT molecular complexity index is 1130. The third kappa shape index (κ3) is 4.94. The van der Waals surface area contributed by atoms with Crippen molar-refractivity contribution in [2.45, 2.75) is 6.92 Å². The molecule has 0 spiro atoms. The number of sulfonamides is 1. The minimum absolute atomic E-state index is 0.314. The van der Waals surface area contributed by atoms with Gasteiger partial charge in [-0.2, -0.15) is 0 Å². The first-order chi connectivity index (χ1) is 13.8. The van der Waals surface area contributed by atoms with Gasteiger partial charge < -0.3 is 10.1 Å². The van der Waals surface area contributed by atoms with Crippen LogP contribution in [0.1, 0.15) is 15.9 Å². The lowest BCUT2D eigenvalue weighted by molar-refractivity contribution is 0.102. The molecular weight excluding hydrogens is 388 g/mol. The van der Waals surface area contributed by atoms with Crippen molar-refractivity contribution in [3.05, 3.63) is 83.9 Å². The zero-order chi connectivity index (χ0) is 21.0. The standard InChI is InChI=1S/C22H22N2O4S/c1-16-15-17(13-14-20(16)24(2)29(3,26)27)22(25)23-19-11-7-8-12-21(19)28-18-9-5-4-6-10-18/h4-15H,1-3H3,(H,23,25). The highest BCUT2D eigenvalue weighted by Crippen LogP contribution is 2.30. The normalized spacial score (nSPS) is 11.0. The molecule has 0 unspecified atom stereocenters. The van der Waals surface area contributed by atoms with E-state index < -0.39 is 10.0 Å². The van der Waals surface area contributed by atoms with Crippen LogP contribution >= 0.6 is 0 Å². The van der Waals surface area contributed by atoms with E-state index in [1.54, 1.807) is 37.3 Å². The molecule has 0 fully saturated rings. The van der Waals surface area contributed by atoms with Crippen LogP contribution in [0.15, 0.2) is 72.8 Å². The smallest absolute Gasteiger partial charge is 0.255 e. The first-order valence-corrected chi connectivity index (χ1v) is 10.8. The molecule has 7 heteroatoms. The first-order valence-electron chi connectivity index (χ1n) is 8.93. The zero-order valence-corrected chi connectivity index (χ0v) is 17.2. The number of anilines is 2. The van der Waals surface area contributed by atoms with Crippen molar-refractivity contribution >= 4 is 27.3 Å². The third-order valence-corrected chi connectivity index (χ3v) is 5.59. The average Bonchev–Trinajstić information content (AvgIpc) is 2.69. The van der Waals surface area contributed by atoms with Crippen LogP contribution < -0.4 is 14.4 Å². The quantitative estimate of drug-likeness (QED) is 0.652. The van der Waals surface area contributed by atoms with Crippen LogP contribution in [0, 0.1) is 6.92 Å². The molecule has 1 N–H and O–H groups in total. The van der Waals surface area contributed by atoms with Crippen molar-refractivity contribution in [1.29, 1.82) is 0 Å². The second-order valence-corrected chi connectivity index (χ2v) is 8.61. The van der Waals surface area contributed by atoms with Crippen molar-refractivity contribution in [3.63, 3.8) is 0 Å². The number of nitrogens with zero attached hydrogens (tertiary/aromatic N) is 1. The van der Waals surface area contributed by atoms with E-state index in [2.05, 4.69) is 5.32 Å². The van der Waals surface area contributed by atoms with E-state index in [0.29, 0.717) is 34.0 Å². The van der Waals surface area contributed by atoms with Gasteiger partial charge >= 0.3 is 0 Å². The van der Waals surface area contributed by atoms with Crippen LogP contribution in [-0.2, 0) is 10.0 Å². The largest absolute Gasteiger partial charge is 0.455 e. The molecule has 29 heavy (non-hydrogen) atoms. The maximum absolute atomic E-state index is 12.8. The number of aryl methyl sites for hydroxylation is 1. The average molecular weight is 410 g/mol. The summed E-state index contributed by atoms with van der Waals surface area (Å²) in [7, 11) is -1.90. The van der Waals surface area contributed by atoms with Crippen LogP contribution in [0.5, 0.6) is 11.5 Å². The molecule has 0 aromatic heterocycles. The molecule has 6 nitrogen and oxygen atoms in total. The van der Waals surface area contributed by atoms with E-state index in [9.17, 15) is 13.2 Å². The Morgan fingerprint density at radius 1 is 0.966 bits per heavy atom. The number of carbonyl (C=O) groups is 1. The molecule has 150 valence electrons. The van der Waals surface area contributed by atoms with E-state index >= 15 is 0 Å². The highest BCUT2D eigenvalue weighted by molar-refractivity contribution is 7.92. The topological polar surface area (TPSA) is 75.7 Å². The molecule has 3 rings (SSSR count). The number of rotatable bonds is 6. The minimum Gasteiger partial charge on any atom is -0.455 e. The van der Waals surface area contributed by atoms with Crippen molar-refractivity contribution in [2.24, 2.45) is 0 Å². The number of carbonyl (C=O) groups excluding carboxylic acids is 1. The van der Waals surface area contributed by atoms with Crippen LogP contribution in [0.25, 0.3) is 0 Å². The maximum atomic E-state index is 12.8. The van der Waals surface area contributed by atoms with Gasteiger partial charge in [0.05, 0.1) is 17.6 Å². The summed E-state index contributed by atoms with van der Waals surface area (Å²) >= 11 is 0. The fourth-order valence-electron chi connectivity index (χ4n) is 2.80. The van der Waals surface area contributed by atoms with E-state index in [4.69, 9.17) is 4.74 Å². The van der Waals surface area contributed by atoms with Gasteiger partial charge in [0.15, 0.2) is 5.75 Å². The molecule has 0 saturated heterocycles. The Morgan fingerprint density at radius 2 is 1.62 bits per heavy atom. The summed E-state index contributed by atoms with van der Waals surface area (Å²) in [5.41, 5.74) is 2.16. The van der Waals surface area contributed by atoms with E-state index in [1.165, 1.54) is 11.4 Å². The van der Waals surface area contributed by atoms with Crippen LogP contribution in [0.2, 0.25) is 0 Å². The number of amides is 1. The lowest BCUT2D eigenvalue weighted by Gasteiger charge is -2.19. The second kappa shape index (κ2) is 8.36. The predicted molar refractivity (Wildman–Crippen MR) is 115 cm³/mol. The summed E-state index contributed by atoms with van der Waals surface area (Å²) in [5, 5.41) is 2.86. The van der Waals surface area contributed by atoms with Crippen molar-refractivity contribution in [3.8, 4) is 11.5 Å². The van der Waals surface area contributed by atoms with Gasteiger partial charge in [0.2, 0.25) is 10.0 Å². The summed E-state index contributed by atoms with van der Waals surface area (Å²) in [6.07, 6.45) is 1.14. The Morgan fingerprint density at radius 3 is 2.28 bits per heavy atom. The highest BCUT2D eigenvalue weighted by Gasteiger charge is 2.16. The molecular formula is C22H22N2O4S. The number of para-hydroxylation sites is 3. The molecule has 0 aliphatic rings. The van der Waals surface area contributed by atoms with Crippen molar-refractivity contribution in [2.75, 3.05) is 22.9 Å². The van der Waals surface area contributed by atoms with Crippen LogP contribution in [-0.4, -0.2) is 27.6 Å². The number of hydrogen-bond acceptors (Lipinski definition) is 4. The number of benzene rings is 3. The van der Waals surface area contributed by atoms with Gasteiger partial charge in [-0.3, -0.25) is 9.10 Å². The summed E-state index contributed by atoms with van der Waals surface area (Å²) in [6, 6.07) is 21.3. The fraction of sp³-hybridized carbons (Fsp3) is 0.136. The van der Waals surface area contributed by atoms with Crippen LogP contribution in [0.4, 0.5) is 11.4 Å². The van der Waals surface area contributed by atoms with Gasteiger partial charge in [0.25, 0.3) is 5.91 Å². The zero-order valence-electron chi connectivity index (χ0n) is 16.4. The van der Waals surface area contributed by atoms with E-state index in [1.807, 2.05) is 42.5 Å². The maximum Gasteiger partial charge on any atom is 0.255 e. The molecule has 0 aliphatic heterocycles. The Labute approximate surface area is 170 Å². The summed E-state index contributed by atoms with van der Waals surface area (Å²) in [4.78, 5) is 12.8. The van der Waals surface area contributed by atoms with Gasteiger partial charge in [0, 0.05) is 12.6 Å². The lowest BCUT2D eigenvalue weighted by atomic mass is 10.1. The number of hydrogen-bond donors (Lipinski definition) is 1. The fourth-order valence-corrected chi connectivity index (χ4v) is 3.36. The van der Waals surface area contributed by atoms with E-state index in [0.717, 1.165) is 6.26 Å². The molecule has 0 heterocycles. The van der Waals surface area contributed by atoms with Gasteiger partial charge in [0.1, 0.15) is 5.75 Å². The first kappa shape index (κ1) is 20.4. The molecule has 0 aliphatic carbocycles. The monoisotopic (exact) mass is 410 g/mol. The van der Waals surface area contributed by atoms with Gasteiger partial charge in [-0.25, -0.2) is 8.42 Å². The third-order valence-electron chi connectivity index (χ3n) is 4.40. The molecule has 0 atom stereocenters. The summed E-state index contributed by atoms with van der Waals surface area (Å²) in [6.45, 7) is 1.76. The van der Waals surface area contributed by atoms with Crippen LogP contribution in [0.3, 0.4) is 0 Å². The van der Waals surface area contributed by atoms with Crippen molar-refractivity contribution in [1.82, 2.24) is 0 Å². The lowest BCUT2D eigenvalue weighted by Crippen LogP contribution is -2.25. The Hall–Kier alpha value is -3.32. The van der Waals surface area contributed by atoms with Gasteiger partial charge in [-0.15, -0.1) is 0 Å². The Kier molecular flexibility index (Phi) is 5.89. The summed E-state index contributed by atoms with van der Waals surface area (Å²) in [5.74, 6) is 0.876. The van der Waals surface area contributed by atoms with Gasteiger partial charge in [-0.1, -0.05) is 30.3 Å². The van der Waals surface area contributed by atoms with E-state index in [-0.39, 0.29) is 5.91 Å². The molecule has 3 aromatic rings. The molecule has 3 aromatic carbocycles. The Balaban J connectivity index is 1.82.